The van der Waals surface area contributed by atoms with E-state index in [4.69, 9.17) is 4.42 Å². The van der Waals surface area contributed by atoms with Gasteiger partial charge in [0.25, 0.3) is 5.91 Å². The first-order chi connectivity index (χ1) is 11.1. The molecule has 0 aliphatic heterocycles. The summed E-state index contributed by atoms with van der Waals surface area (Å²) in [6.45, 7) is 1.65. The van der Waals surface area contributed by atoms with Gasteiger partial charge in [0, 0.05) is 23.7 Å². The Morgan fingerprint density at radius 1 is 1.33 bits per heavy atom. The van der Waals surface area contributed by atoms with Gasteiger partial charge >= 0.3 is 51.4 Å². The molecule has 24 heavy (non-hydrogen) atoms. The number of furan rings is 1. The molecular weight excluding hydrogens is 337 g/mol. The van der Waals surface area contributed by atoms with E-state index in [2.05, 4.69) is 15.5 Å². The number of carboxylic acids is 1. The van der Waals surface area contributed by atoms with Gasteiger partial charge in [0.2, 0.25) is 0 Å². The molecular formula is C16H14KN3O4. The Labute approximate surface area is 181 Å². The number of hydrazone groups is 1. The Morgan fingerprint density at radius 3 is 2.79 bits per heavy atom. The van der Waals surface area contributed by atoms with Crippen LogP contribution in [0.15, 0.2) is 33.9 Å². The van der Waals surface area contributed by atoms with Crippen LogP contribution in [-0.4, -0.2) is 22.6 Å². The summed E-state index contributed by atoms with van der Waals surface area (Å²) in [5.74, 6) is -1.39. The van der Waals surface area contributed by atoms with Gasteiger partial charge in [-0.2, -0.15) is 5.10 Å². The number of carboxylic acid groups (broad SMARTS) is 1. The van der Waals surface area contributed by atoms with Gasteiger partial charge in [-0.1, -0.05) is 6.07 Å². The van der Waals surface area contributed by atoms with Crippen LogP contribution in [0, 0.1) is 6.92 Å². The summed E-state index contributed by atoms with van der Waals surface area (Å²) in [4.78, 5) is 27.0. The SMILES string of the molecule is Cc1c(C(=O)[O-])oc2c1/C(=N/NC(=O)c1ccccn1)CCC2.[K+]. The summed E-state index contributed by atoms with van der Waals surface area (Å²) < 4.78 is 5.35. The van der Waals surface area contributed by atoms with Gasteiger partial charge in [0.1, 0.15) is 17.4 Å². The maximum absolute atomic E-state index is 12.0. The van der Waals surface area contributed by atoms with Crippen molar-refractivity contribution >= 4 is 17.6 Å². The molecule has 0 saturated heterocycles. The molecule has 1 aliphatic carbocycles. The minimum Gasteiger partial charge on any atom is -0.542 e. The second-order valence-corrected chi connectivity index (χ2v) is 5.21. The normalized spacial score (nSPS) is 14.6. The number of fused-ring (bicyclic) bond motifs is 1. The Hall–Kier alpha value is -1.32. The zero-order valence-corrected chi connectivity index (χ0v) is 16.6. The molecule has 8 heteroatoms. The number of nitrogens with zero attached hydrogens (tertiary/aromatic N) is 2. The van der Waals surface area contributed by atoms with E-state index in [0.717, 1.165) is 6.42 Å². The number of hydrogen-bond donors (Lipinski definition) is 1. The van der Waals surface area contributed by atoms with E-state index >= 15 is 0 Å². The fourth-order valence-corrected chi connectivity index (χ4v) is 2.65. The number of aromatic nitrogens is 1. The third-order valence-corrected chi connectivity index (χ3v) is 3.70. The van der Waals surface area contributed by atoms with Crippen molar-refractivity contribution in [1.29, 1.82) is 0 Å². The van der Waals surface area contributed by atoms with E-state index in [1.54, 1.807) is 25.1 Å². The summed E-state index contributed by atoms with van der Waals surface area (Å²) in [7, 11) is 0. The van der Waals surface area contributed by atoms with Gasteiger partial charge in [-0.25, -0.2) is 5.43 Å². The minimum absolute atomic E-state index is 0. The summed E-state index contributed by atoms with van der Waals surface area (Å²) in [5, 5.41) is 15.2. The number of aromatic carboxylic acids is 1. The molecule has 3 rings (SSSR count). The first-order valence-corrected chi connectivity index (χ1v) is 7.20. The van der Waals surface area contributed by atoms with Crippen molar-refractivity contribution in [1.82, 2.24) is 10.4 Å². The van der Waals surface area contributed by atoms with Gasteiger partial charge in [-0.3, -0.25) is 9.78 Å². The van der Waals surface area contributed by atoms with Gasteiger partial charge in [0.15, 0.2) is 5.76 Å². The van der Waals surface area contributed by atoms with Crippen LogP contribution < -0.4 is 61.9 Å². The average molecular weight is 351 g/mol. The van der Waals surface area contributed by atoms with Crippen molar-refractivity contribution in [3.63, 3.8) is 0 Å². The van der Waals surface area contributed by atoms with Crippen molar-refractivity contribution in [3.8, 4) is 0 Å². The van der Waals surface area contributed by atoms with Gasteiger partial charge in [0.05, 0.1) is 5.71 Å². The maximum Gasteiger partial charge on any atom is 1.00 e. The zero-order chi connectivity index (χ0) is 16.4. The predicted molar refractivity (Wildman–Crippen MR) is 79.0 cm³/mol. The predicted octanol–water partition coefficient (Wildman–Crippen LogP) is -2.18. The second-order valence-electron chi connectivity index (χ2n) is 5.21. The zero-order valence-electron chi connectivity index (χ0n) is 13.5. The monoisotopic (exact) mass is 351 g/mol. The van der Waals surface area contributed by atoms with Crippen molar-refractivity contribution < 1.29 is 70.5 Å². The second kappa shape index (κ2) is 8.17. The van der Waals surface area contributed by atoms with Crippen LogP contribution in [0.5, 0.6) is 0 Å². The minimum atomic E-state index is -1.35. The van der Waals surface area contributed by atoms with Gasteiger partial charge < -0.3 is 14.3 Å². The van der Waals surface area contributed by atoms with Gasteiger partial charge in [-0.05, 0) is 31.9 Å². The van der Waals surface area contributed by atoms with Crippen LogP contribution in [0.25, 0.3) is 0 Å². The van der Waals surface area contributed by atoms with Crippen LogP contribution in [0.4, 0.5) is 0 Å². The molecule has 7 nitrogen and oxygen atoms in total. The number of amides is 1. The standard InChI is InChI=1S/C16H15N3O4.K/c1-9-13-10(6-4-7-12(13)23-14(9)16(21)22)18-19-15(20)11-5-2-3-8-17-11;/h2-3,5,8H,4,6-7H2,1H3,(H,19,20)(H,21,22);/q;+1/p-1/b18-10+;. The van der Waals surface area contributed by atoms with E-state index in [9.17, 15) is 14.7 Å². The molecule has 0 aromatic carbocycles. The van der Waals surface area contributed by atoms with Crippen LogP contribution in [0.2, 0.25) is 0 Å². The topological polar surface area (TPSA) is 108 Å². The Balaban J connectivity index is 0.00000208. The van der Waals surface area contributed by atoms with E-state index in [1.807, 2.05) is 0 Å². The first-order valence-electron chi connectivity index (χ1n) is 7.20. The molecule has 118 valence electrons. The van der Waals surface area contributed by atoms with E-state index < -0.39 is 11.9 Å². The summed E-state index contributed by atoms with van der Waals surface area (Å²) in [6, 6.07) is 5.01. The molecule has 2 aromatic rings. The molecule has 1 N–H and O–H groups in total. The van der Waals surface area contributed by atoms with Crippen LogP contribution in [-0.2, 0) is 6.42 Å². The molecule has 0 radical (unpaired) electrons. The van der Waals surface area contributed by atoms with Gasteiger partial charge in [-0.15, -0.1) is 0 Å². The van der Waals surface area contributed by atoms with E-state index in [-0.39, 0.29) is 62.8 Å². The Kier molecular flexibility index (Phi) is 6.47. The van der Waals surface area contributed by atoms with E-state index in [1.165, 1.54) is 6.20 Å². The molecule has 0 bridgehead atoms. The Morgan fingerprint density at radius 2 is 2.12 bits per heavy atom. The van der Waals surface area contributed by atoms with Crippen LogP contribution in [0.3, 0.4) is 0 Å². The van der Waals surface area contributed by atoms with Crippen molar-refractivity contribution in [3.05, 3.63) is 52.7 Å². The molecule has 0 unspecified atom stereocenters. The van der Waals surface area contributed by atoms with Crippen molar-refractivity contribution in [2.45, 2.75) is 26.2 Å². The van der Waals surface area contributed by atoms with Crippen LogP contribution in [0.1, 0.15) is 50.8 Å². The summed E-state index contributed by atoms with van der Waals surface area (Å²) in [6.07, 6.45) is 3.55. The van der Waals surface area contributed by atoms with E-state index in [0.29, 0.717) is 35.4 Å². The quantitative estimate of drug-likeness (QED) is 0.500. The number of carbonyl (C=O) groups is 2. The molecule has 0 fully saturated rings. The van der Waals surface area contributed by atoms with Crippen molar-refractivity contribution in [2.24, 2.45) is 5.10 Å². The first kappa shape index (κ1) is 19.0. The molecule has 2 aromatic heterocycles. The number of pyridine rings is 1. The summed E-state index contributed by atoms with van der Waals surface area (Å²) in [5.41, 5.74) is 4.44. The third kappa shape index (κ3) is 3.84. The maximum atomic E-state index is 12.0. The Bertz CT molecular complexity index is 799. The number of hydrogen-bond acceptors (Lipinski definition) is 6. The molecule has 0 saturated carbocycles. The summed E-state index contributed by atoms with van der Waals surface area (Å²) >= 11 is 0. The average Bonchev–Trinajstić information content (AvgIpc) is 2.91. The fraction of sp³-hybridized carbons (Fsp3) is 0.250. The molecule has 1 aliphatic rings. The number of aryl methyl sites for hydroxylation is 1. The largest absolute Gasteiger partial charge is 1.00 e. The molecule has 1 amide bonds. The molecule has 2 heterocycles. The van der Waals surface area contributed by atoms with Crippen LogP contribution >= 0.6 is 0 Å². The fourth-order valence-electron chi connectivity index (χ4n) is 2.65. The third-order valence-electron chi connectivity index (χ3n) is 3.70. The number of rotatable bonds is 3. The number of nitrogens with one attached hydrogen (secondary N) is 1. The van der Waals surface area contributed by atoms with Crippen molar-refractivity contribution in [2.75, 3.05) is 0 Å². The molecule has 0 atom stereocenters. The number of carbonyl (C=O) groups excluding carboxylic acids is 2. The molecule has 0 spiro atoms. The smallest absolute Gasteiger partial charge is 0.542 e.